The Labute approximate surface area is 383 Å². The topological polar surface area (TPSA) is 19.0 Å². The fourth-order valence-electron chi connectivity index (χ4n) is 16.4. The molecule has 330 valence electrons. The van der Waals surface area contributed by atoms with E-state index in [1.54, 1.807) is 45.0 Å². The van der Waals surface area contributed by atoms with E-state index >= 15 is 0 Å². The van der Waals surface area contributed by atoms with Crippen molar-refractivity contribution in [1.29, 1.82) is 0 Å². The summed E-state index contributed by atoms with van der Waals surface area (Å²) in [6.07, 6.45) is 68.1. The number of hydrogen-bond acceptors (Lipinski definition) is 4. The lowest BCUT2D eigenvalue weighted by molar-refractivity contribution is 0.183. The molecule has 0 spiro atoms. The van der Waals surface area contributed by atoms with Gasteiger partial charge in [0.1, 0.15) is 11.5 Å². The van der Waals surface area contributed by atoms with Crippen LogP contribution in [-0.2, 0) is 4.74 Å². The second-order valence-corrected chi connectivity index (χ2v) is 22.2. The number of ether oxygens (including phenoxy) is 1. The molecule has 0 aromatic carbocycles. The second kappa shape index (κ2) is 15.6. The molecule has 14 rings (SSSR count). The van der Waals surface area contributed by atoms with Crippen LogP contribution >= 0.6 is 0 Å². The Kier molecular flexibility index (Phi) is 9.45. The molecule has 0 saturated carbocycles. The van der Waals surface area contributed by atoms with Gasteiger partial charge in [-0.05, 0) is 174 Å². The van der Waals surface area contributed by atoms with Gasteiger partial charge < -0.3 is 19.4 Å². The molecule has 64 heavy (non-hydrogen) atoms. The summed E-state index contributed by atoms with van der Waals surface area (Å²) >= 11 is 0. The van der Waals surface area contributed by atoms with Crippen LogP contribution in [0.1, 0.15) is 128 Å². The largest absolute Gasteiger partial charge is 0.465 e. The molecule has 14 aliphatic rings. The minimum atomic E-state index is 0.369. The summed E-state index contributed by atoms with van der Waals surface area (Å²) in [5.41, 5.74) is 14.9. The number of rotatable bonds is 5. The van der Waals surface area contributed by atoms with Crippen molar-refractivity contribution < 1.29 is 4.74 Å². The summed E-state index contributed by atoms with van der Waals surface area (Å²) in [4.78, 5) is 8.87. The van der Waals surface area contributed by atoms with Gasteiger partial charge in [-0.3, -0.25) is 0 Å². The standard InChI is InChI=1S/C60H69N3O/c1-3-13-42(14-4-1)61-54-21-11-8-18-46(54)51-33-38(26-31-55(51)61)39-23-29-48-49-30-25-41(40-24-28-47-45-17-7-10-20-53(45)62(56(47)35-40)43-15-5-2-6-16-43)36-58(49)63(57(48)34-39)44-27-32-60-52(37-44)50-19-9-12-22-59(50)64-60/h2-3,5,8-10,13,15,18-20,27-28,32-34,36,40,42,45,48-49,51-53,55-58H,1,4,6-7,11-12,14,16-17,21-26,29-31,35,37H2. The van der Waals surface area contributed by atoms with Gasteiger partial charge >= 0.3 is 0 Å². The van der Waals surface area contributed by atoms with E-state index in [9.17, 15) is 0 Å². The molecule has 0 aromatic heterocycles. The molecule has 0 bridgehead atoms. The van der Waals surface area contributed by atoms with Crippen LogP contribution in [0.15, 0.2) is 165 Å². The highest BCUT2D eigenvalue weighted by atomic mass is 16.5. The highest BCUT2D eigenvalue weighted by Gasteiger charge is 2.53. The van der Waals surface area contributed by atoms with E-state index in [0.29, 0.717) is 59.9 Å². The van der Waals surface area contributed by atoms with Gasteiger partial charge in [-0.2, -0.15) is 0 Å². The van der Waals surface area contributed by atoms with Crippen LogP contribution in [0.5, 0.6) is 0 Å². The van der Waals surface area contributed by atoms with Crippen LogP contribution in [0.25, 0.3) is 0 Å². The molecular weight excluding hydrogens is 779 g/mol. The van der Waals surface area contributed by atoms with Crippen LogP contribution < -0.4 is 0 Å². The van der Waals surface area contributed by atoms with Gasteiger partial charge in [0.05, 0.1) is 30.1 Å². The van der Waals surface area contributed by atoms with Crippen molar-refractivity contribution in [2.75, 3.05) is 0 Å². The van der Waals surface area contributed by atoms with Crippen molar-refractivity contribution in [3.8, 4) is 0 Å². The van der Waals surface area contributed by atoms with E-state index in [1.165, 1.54) is 126 Å². The molecule has 2 fully saturated rings. The molecule has 4 aliphatic heterocycles. The number of hydrogen-bond donors (Lipinski definition) is 0. The minimum absolute atomic E-state index is 0.369. The molecule has 12 atom stereocenters. The molecule has 0 N–H and O–H groups in total. The average Bonchev–Trinajstić information content (AvgIpc) is 4.09. The van der Waals surface area contributed by atoms with E-state index in [0.717, 1.165) is 31.1 Å². The average molecular weight is 848 g/mol. The van der Waals surface area contributed by atoms with Gasteiger partial charge in [0, 0.05) is 59.4 Å². The summed E-state index contributed by atoms with van der Waals surface area (Å²) in [5.74, 6) is 6.15. The number of allylic oxidation sites excluding steroid dienone is 20. The summed E-state index contributed by atoms with van der Waals surface area (Å²) in [5, 5.41) is 0. The summed E-state index contributed by atoms with van der Waals surface area (Å²) < 4.78 is 6.58. The minimum Gasteiger partial charge on any atom is -0.465 e. The van der Waals surface area contributed by atoms with Crippen LogP contribution in [0.4, 0.5) is 0 Å². The van der Waals surface area contributed by atoms with E-state index in [1.807, 2.05) is 0 Å². The predicted molar refractivity (Wildman–Crippen MR) is 259 cm³/mol. The van der Waals surface area contributed by atoms with Gasteiger partial charge in [-0.15, -0.1) is 0 Å². The summed E-state index contributed by atoms with van der Waals surface area (Å²) in [7, 11) is 0. The van der Waals surface area contributed by atoms with E-state index in [4.69, 9.17) is 4.74 Å². The maximum absolute atomic E-state index is 6.58. The fourth-order valence-corrected chi connectivity index (χ4v) is 16.4. The normalized spacial score (nSPS) is 40.1. The maximum Gasteiger partial charge on any atom is 0.112 e. The Morgan fingerprint density at radius 1 is 0.609 bits per heavy atom. The Morgan fingerprint density at radius 3 is 2.36 bits per heavy atom. The van der Waals surface area contributed by atoms with Crippen molar-refractivity contribution in [2.24, 2.45) is 35.5 Å². The summed E-state index contributed by atoms with van der Waals surface area (Å²) in [6, 6.07) is 3.28. The van der Waals surface area contributed by atoms with Crippen LogP contribution in [-0.4, -0.2) is 51.0 Å². The number of fused-ring (bicyclic) bond motifs is 10. The van der Waals surface area contributed by atoms with Crippen molar-refractivity contribution in [1.82, 2.24) is 14.7 Å². The molecule has 4 nitrogen and oxygen atoms in total. The molecule has 4 heterocycles. The molecule has 10 aliphatic carbocycles. The van der Waals surface area contributed by atoms with Gasteiger partial charge in [0.25, 0.3) is 0 Å². The van der Waals surface area contributed by atoms with Crippen molar-refractivity contribution in [3.63, 3.8) is 0 Å². The van der Waals surface area contributed by atoms with E-state index in [2.05, 4.69) is 118 Å². The smallest absolute Gasteiger partial charge is 0.112 e. The highest BCUT2D eigenvalue weighted by molar-refractivity contribution is 5.49. The Balaban J connectivity index is 0.801. The third kappa shape index (κ3) is 6.11. The molecular formula is C60H69N3O. The first-order valence-electron chi connectivity index (χ1n) is 26.5. The van der Waals surface area contributed by atoms with E-state index < -0.39 is 0 Å². The lowest BCUT2D eigenvalue weighted by Crippen LogP contribution is -2.42. The second-order valence-electron chi connectivity index (χ2n) is 22.2. The third-order valence-electron chi connectivity index (χ3n) is 19.2. The van der Waals surface area contributed by atoms with Gasteiger partial charge in [-0.1, -0.05) is 90.6 Å². The Hall–Kier alpha value is -4.44. The first kappa shape index (κ1) is 38.8. The SMILES string of the molecule is C1=CCCC(N2C3CC(C4=CC5C(CC4)C4CCC(C6=CC7C8=C(CCC=C8)N(C8C=CCCC8)C7CC6)=CC4N5C4=CC=C5OC6=C(C=CCC6)C5C4)CC=C3C3CCC=CC32)=C1. The molecule has 4 heteroatoms. The van der Waals surface area contributed by atoms with Crippen molar-refractivity contribution >= 4 is 0 Å². The Morgan fingerprint density at radius 2 is 1.45 bits per heavy atom. The van der Waals surface area contributed by atoms with Gasteiger partial charge in [-0.25, -0.2) is 0 Å². The quantitative estimate of drug-likeness (QED) is 0.257. The maximum atomic E-state index is 6.58. The van der Waals surface area contributed by atoms with Crippen LogP contribution in [0.2, 0.25) is 0 Å². The Bertz CT molecular complexity index is 2450. The van der Waals surface area contributed by atoms with Crippen LogP contribution in [0.3, 0.4) is 0 Å². The number of likely N-dealkylation sites (tertiary alicyclic amines) is 2. The first-order valence-corrected chi connectivity index (χ1v) is 26.5. The molecule has 0 amide bonds. The lowest BCUT2D eigenvalue weighted by Gasteiger charge is -2.41. The monoisotopic (exact) mass is 848 g/mol. The fraction of sp³-hybridized carbons (Fsp3) is 0.533. The van der Waals surface area contributed by atoms with Crippen molar-refractivity contribution in [2.45, 2.75) is 165 Å². The zero-order chi connectivity index (χ0) is 41.9. The molecule has 2 saturated heterocycles. The lowest BCUT2D eigenvalue weighted by atomic mass is 9.69. The van der Waals surface area contributed by atoms with Crippen molar-refractivity contribution in [3.05, 3.63) is 165 Å². The van der Waals surface area contributed by atoms with E-state index in [-0.39, 0.29) is 0 Å². The zero-order valence-corrected chi connectivity index (χ0v) is 38.1. The van der Waals surface area contributed by atoms with Gasteiger partial charge in [0.15, 0.2) is 0 Å². The molecule has 0 aromatic rings. The first-order chi connectivity index (χ1) is 31.7. The molecule has 12 unspecified atom stereocenters. The van der Waals surface area contributed by atoms with Crippen LogP contribution in [0, 0.1) is 35.5 Å². The summed E-state index contributed by atoms with van der Waals surface area (Å²) in [6.45, 7) is 0. The third-order valence-corrected chi connectivity index (χ3v) is 19.2. The highest BCUT2D eigenvalue weighted by Crippen LogP contribution is 2.57. The molecule has 0 radical (unpaired) electrons. The number of nitrogens with zero attached hydrogens (tertiary/aromatic N) is 3. The predicted octanol–water partition coefficient (Wildman–Crippen LogP) is 13.5. The van der Waals surface area contributed by atoms with Gasteiger partial charge in [0.2, 0.25) is 0 Å². The zero-order valence-electron chi connectivity index (χ0n) is 38.1.